The highest BCUT2D eigenvalue weighted by molar-refractivity contribution is 6.30. The van der Waals surface area contributed by atoms with E-state index in [0.717, 1.165) is 42.3 Å². The number of amides is 1. The average molecular weight is 447 g/mol. The molecule has 1 atom stereocenters. The van der Waals surface area contributed by atoms with Crippen molar-refractivity contribution < 1.29 is 9.18 Å². The lowest BCUT2D eigenvalue weighted by molar-refractivity contribution is -0.121. The number of nitrogens with zero attached hydrogens (tertiary/aromatic N) is 1. The molecule has 1 aliphatic carbocycles. The number of carbonyl (C=O) groups excluding carboxylic acids is 1. The summed E-state index contributed by atoms with van der Waals surface area (Å²) in [6.07, 6.45) is 5.78. The maximum Gasteiger partial charge on any atom is 0.227 e. The highest BCUT2D eigenvalue weighted by atomic mass is 35.5. The van der Waals surface area contributed by atoms with Crippen molar-refractivity contribution in [1.82, 2.24) is 4.98 Å². The maximum absolute atomic E-state index is 13.8. The van der Waals surface area contributed by atoms with Gasteiger partial charge in [-0.25, -0.2) is 4.39 Å². The summed E-state index contributed by atoms with van der Waals surface area (Å²) in [5.74, 6) is 0.492. The van der Waals surface area contributed by atoms with Gasteiger partial charge in [0.05, 0.1) is 5.52 Å². The third-order valence-electron chi connectivity index (χ3n) is 6.18. The topological polar surface area (TPSA) is 42.0 Å². The first kappa shape index (κ1) is 22.5. The van der Waals surface area contributed by atoms with Crippen molar-refractivity contribution in [2.45, 2.75) is 38.5 Å². The Labute approximate surface area is 187 Å². The number of nitrogens with one attached hydrogen (secondary N) is 1. The Morgan fingerprint density at radius 3 is 2.50 bits per heavy atom. The molecule has 1 amide bonds. The van der Waals surface area contributed by atoms with Gasteiger partial charge in [0, 0.05) is 28.2 Å². The molecule has 2 aromatic carbocycles. The van der Waals surface area contributed by atoms with E-state index in [0.29, 0.717) is 16.9 Å². The Morgan fingerprint density at radius 2 is 1.80 bits per heavy atom. The minimum Gasteiger partial charge on any atom is -0.326 e. The predicted molar refractivity (Wildman–Crippen MR) is 123 cm³/mol. The van der Waals surface area contributed by atoms with Crippen molar-refractivity contribution in [2.24, 2.45) is 11.8 Å². The number of aromatic nitrogens is 1. The predicted octanol–water partition coefficient (Wildman–Crippen LogP) is 7.00. The summed E-state index contributed by atoms with van der Waals surface area (Å²) in [6, 6.07) is 14.0. The van der Waals surface area contributed by atoms with Gasteiger partial charge >= 0.3 is 0 Å². The lowest BCUT2D eigenvalue weighted by Crippen LogP contribution is -2.29. The second kappa shape index (κ2) is 9.76. The smallest absolute Gasteiger partial charge is 0.227 e. The lowest BCUT2D eigenvalue weighted by Gasteiger charge is -2.32. The van der Waals surface area contributed by atoms with Crippen LogP contribution in [-0.4, -0.2) is 10.9 Å². The van der Waals surface area contributed by atoms with Gasteiger partial charge in [-0.05, 0) is 91.6 Å². The molecule has 3 aromatic rings. The molecule has 1 aliphatic rings. The number of halogens is 3. The van der Waals surface area contributed by atoms with Crippen molar-refractivity contribution >= 4 is 46.5 Å². The Morgan fingerprint density at radius 1 is 1.10 bits per heavy atom. The zero-order valence-corrected chi connectivity index (χ0v) is 18.3. The normalized spacial score (nSPS) is 19.7. The van der Waals surface area contributed by atoms with Gasteiger partial charge in [-0.2, -0.15) is 0 Å². The molecule has 0 saturated heterocycles. The van der Waals surface area contributed by atoms with Crippen LogP contribution in [0.15, 0.2) is 54.7 Å². The number of anilines is 1. The van der Waals surface area contributed by atoms with Gasteiger partial charge in [0.1, 0.15) is 5.82 Å². The maximum atomic E-state index is 13.8. The molecule has 0 radical (unpaired) electrons. The van der Waals surface area contributed by atoms with Crippen molar-refractivity contribution in [3.05, 3.63) is 71.1 Å². The summed E-state index contributed by atoms with van der Waals surface area (Å²) in [7, 11) is 0. The highest BCUT2D eigenvalue weighted by Gasteiger charge is 2.30. The standard InChI is InChI=1S/C24H24ClFN2O.ClH/c1-15(24(29)28-20-9-6-18(25)7-10-20)16-2-4-17(5-3-16)21-12-13-27-23-11-8-19(26)14-22(21)23;/h6-17H,2-5H2,1H3,(H,28,29);1H/t15-,16?,17?;/m1./s1. The van der Waals surface area contributed by atoms with Crippen LogP contribution in [-0.2, 0) is 4.79 Å². The average Bonchev–Trinajstić information content (AvgIpc) is 2.74. The van der Waals surface area contributed by atoms with E-state index in [9.17, 15) is 9.18 Å². The summed E-state index contributed by atoms with van der Waals surface area (Å²) >= 11 is 5.90. The second-order valence-electron chi connectivity index (χ2n) is 7.96. The van der Waals surface area contributed by atoms with Crippen LogP contribution in [0.1, 0.15) is 44.1 Å². The monoisotopic (exact) mass is 446 g/mol. The number of fused-ring (bicyclic) bond motifs is 1. The van der Waals surface area contributed by atoms with E-state index >= 15 is 0 Å². The van der Waals surface area contributed by atoms with E-state index in [-0.39, 0.29) is 30.0 Å². The molecule has 1 heterocycles. The zero-order chi connectivity index (χ0) is 20.4. The van der Waals surface area contributed by atoms with Gasteiger partial charge in [-0.15, -0.1) is 12.4 Å². The molecule has 1 fully saturated rings. The Balaban J connectivity index is 0.00000256. The van der Waals surface area contributed by atoms with E-state index in [1.165, 1.54) is 11.6 Å². The number of hydrogen-bond acceptors (Lipinski definition) is 2. The fourth-order valence-electron chi connectivity index (χ4n) is 4.43. The second-order valence-corrected chi connectivity index (χ2v) is 8.39. The summed E-state index contributed by atoms with van der Waals surface area (Å²) in [4.78, 5) is 17.0. The number of hydrogen-bond donors (Lipinski definition) is 1. The van der Waals surface area contributed by atoms with Gasteiger partial charge in [-0.3, -0.25) is 9.78 Å². The molecule has 4 rings (SSSR count). The SMILES string of the molecule is C[C@@H](C(=O)Nc1ccc(Cl)cc1)C1CCC(c2ccnc3ccc(F)cc23)CC1.Cl. The first-order valence-corrected chi connectivity index (χ1v) is 10.5. The number of carbonyl (C=O) groups is 1. The van der Waals surface area contributed by atoms with Crippen LogP contribution in [0.3, 0.4) is 0 Å². The highest BCUT2D eigenvalue weighted by Crippen LogP contribution is 2.41. The van der Waals surface area contributed by atoms with Crippen LogP contribution in [0.5, 0.6) is 0 Å². The van der Waals surface area contributed by atoms with Gasteiger partial charge in [0.15, 0.2) is 0 Å². The van der Waals surface area contributed by atoms with Crippen molar-refractivity contribution in [1.29, 1.82) is 0 Å². The summed E-state index contributed by atoms with van der Waals surface area (Å²) in [6.45, 7) is 2.01. The van der Waals surface area contributed by atoms with Crippen molar-refractivity contribution in [3.8, 4) is 0 Å². The van der Waals surface area contributed by atoms with Gasteiger partial charge < -0.3 is 5.32 Å². The molecule has 30 heavy (non-hydrogen) atoms. The largest absolute Gasteiger partial charge is 0.326 e. The van der Waals surface area contributed by atoms with Gasteiger partial charge in [0.25, 0.3) is 0 Å². The van der Waals surface area contributed by atoms with Gasteiger partial charge in [0.2, 0.25) is 5.91 Å². The number of benzene rings is 2. The molecule has 0 bridgehead atoms. The van der Waals surface area contributed by atoms with E-state index in [1.54, 1.807) is 24.3 Å². The summed E-state index contributed by atoms with van der Waals surface area (Å²) < 4.78 is 13.8. The third-order valence-corrected chi connectivity index (χ3v) is 6.43. The lowest BCUT2D eigenvalue weighted by atomic mass is 9.73. The molecule has 6 heteroatoms. The fraction of sp³-hybridized carbons (Fsp3) is 0.333. The van der Waals surface area contributed by atoms with E-state index in [4.69, 9.17) is 11.6 Å². The van der Waals surface area contributed by atoms with Gasteiger partial charge in [-0.1, -0.05) is 18.5 Å². The molecular weight excluding hydrogens is 422 g/mol. The minimum atomic E-state index is -0.229. The summed E-state index contributed by atoms with van der Waals surface area (Å²) in [5.41, 5.74) is 2.78. The first-order chi connectivity index (χ1) is 14.0. The van der Waals surface area contributed by atoms with Crippen LogP contribution < -0.4 is 5.32 Å². The van der Waals surface area contributed by atoms with E-state index in [2.05, 4.69) is 10.3 Å². The Kier molecular flexibility index (Phi) is 7.32. The number of rotatable bonds is 4. The molecule has 0 unspecified atom stereocenters. The Hall–Kier alpha value is -2.17. The van der Waals surface area contributed by atoms with Crippen molar-refractivity contribution in [2.75, 3.05) is 5.32 Å². The molecule has 1 N–H and O–H groups in total. The minimum absolute atomic E-state index is 0. The quantitative estimate of drug-likeness (QED) is 0.468. The third kappa shape index (κ3) is 4.93. The molecule has 158 valence electrons. The van der Waals surface area contributed by atoms with Crippen LogP contribution in [0.25, 0.3) is 10.9 Å². The molecule has 0 spiro atoms. The van der Waals surface area contributed by atoms with Crippen LogP contribution in [0.2, 0.25) is 5.02 Å². The zero-order valence-electron chi connectivity index (χ0n) is 16.8. The first-order valence-electron chi connectivity index (χ1n) is 10.1. The van der Waals surface area contributed by atoms with Crippen LogP contribution in [0.4, 0.5) is 10.1 Å². The Bertz CT molecular complexity index is 1020. The van der Waals surface area contributed by atoms with Crippen LogP contribution >= 0.6 is 24.0 Å². The molecular formula is C24H25Cl2FN2O. The molecule has 1 aromatic heterocycles. The molecule has 0 aliphatic heterocycles. The molecule has 1 saturated carbocycles. The van der Waals surface area contributed by atoms with E-state index < -0.39 is 0 Å². The summed E-state index contributed by atoms with van der Waals surface area (Å²) in [5, 5.41) is 4.55. The van der Waals surface area contributed by atoms with E-state index in [1.807, 2.05) is 31.3 Å². The van der Waals surface area contributed by atoms with Crippen LogP contribution in [0, 0.1) is 17.7 Å². The molecule has 3 nitrogen and oxygen atoms in total. The fourth-order valence-corrected chi connectivity index (χ4v) is 4.56. The number of pyridine rings is 1. The van der Waals surface area contributed by atoms with Crippen molar-refractivity contribution in [3.63, 3.8) is 0 Å².